The third-order valence-electron chi connectivity index (χ3n) is 5.09. The monoisotopic (exact) mass is 359 g/mol. The summed E-state index contributed by atoms with van der Waals surface area (Å²) in [6, 6.07) is 8.15. The molecule has 0 spiro atoms. The number of anilines is 1. The van der Waals surface area contributed by atoms with Gasteiger partial charge in [0.15, 0.2) is 0 Å². The SMILES string of the molecule is C=CC(=O)Nc1ccc([N+](C)(C)CCCCCCCCCCCC)cc1. The Kier molecular flexibility index (Phi) is 11.0. The lowest BCUT2D eigenvalue weighted by Gasteiger charge is -2.29. The molecule has 0 fully saturated rings. The quantitative estimate of drug-likeness (QED) is 0.236. The fraction of sp³-hybridized carbons (Fsp3) is 0.609. The minimum atomic E-state index is -0.170. The van der Waals surface area contributed by atoms with Gasteiger partial charge in [-0.3, -0.25) is 9.28 Å². The van der Waals surface area contributed by atoms with Crippen molar-refractivity contribution >= 4 is 17.3 Å². The van der Waals surface area contributed by atoms with E-state index in [-0.39, 0.29) is 5.91 Å². The van der Waals surface area contributed by atoms with Gasteiger partial charge >= 0.3 is 0 Å². The zero-order valence-corrected chi connectivity index (χ0v) is 17.2. The Balaban J connectivity index is 2.22. The number of carbonyl (C=O) groups is 1. The van der Waals surface area contributed by atoms with Crippen molar-refractivity contribution in [3.8, 4) is 0 Å². The summed E-state index contributed by atoms with van der Waals surface area (Å²) in [4.78, 5) is 11.3. The van der Waals surface area contributed by atoms with Crippen LogP contribution in [0.5, 0.6) is 0 Å². The van der Waals surface area contributed by atoms with Crippen LogP contribution in [0.1, 0.15) is 71.1 Å². The number of unbranched alkanes of at least 4 members (excludes halogenated alkanes) is 9. The van der Waals surface area contributed by atoms with Crippen molar-refractivity contribution in [1.82, 2.24) is 4.48 Å². The molecule has 0 saturated heterocycles. The van der Waals surface area contributed by atoms with E-state index in [1.807, 2.05) is 12.1 Å². The Morgan fingerprint density at radius 3 is 1.92 bits per heavy atom. The second-order valence-corrected chi connectivity index (χ2v) is 7.83. The van der Waals surface area contributed by atoms with Gasteiger partial charge in [0.1, 0.15) is 5.69 Å². The lowest BCUT2D eigenvalue weighted by atomic mass is 10.1. The standard InChI is InChI=1S/C23H38N2O/c1-5-7-8-9-10-11-12-13-14-15-20-25(3,4)22-18-16-21(17-19-22)24-23(26)6-2/h6,16-19H,2,5,7-15,20H2,1,3-4H3/p+1. The van der Waals surface area contributed by atoms with Crippen LogP contribution in [0.15, 0.2) is 36.9 Å². The molecule has 3 nitrogen and oxygen atoms in total. The molecule has 0 bridgehead atoms. The van der Waals surface area contributed by atoms with Gasteiger partial charge in [-0.25, -0.2) is 0 Å². The number of rotatable bonds is 14. The summed E-state index contributed by atoms with van der Waals surface area (Å²) in [6.07, 6.45) is 15.0. The molecule has 0 aliphatic heterocycles. The number of hydrogen-bond donors (Lipinski definition) is 1. The summed E-state index contributed by atoms with van der Waals surface area (Å²) in [5.41, 5.74) is 2.09. The van der Waals surface area contributed by atoms with E-state index < -0.39 is 0 Å². The molecule has 1 amide bonds. The van der Waals surface area contributed by atoms with E-state index in [4.69, 9.17) is 0 Å². The van der Waals surface area contributed by atoms with Gasteiger partial charge in [0.2, 0.25) is 5.91 Å². The van der Waals surface area contributed by atoms with Gasteiger partial charge in [0, 0.05) is 17.8 Å². The first-order chi connectivity index (χ1) is 12.5. The average Bonchev–Trinajstić information content (AvgIpc) is 2.63. The average molecular weight is 360 g/mol. The molecular weight excluding hydrogens is 320 g/mol. The molecule has 3 heteroatoms. The van der Waals surface area contributed by atoms with Gasteiger partial charge < -0.3 is 5.32 Å². The zero-order valence-electron chi connectivity index (χ0n) is 17.2. The largest absolute Gasteiger partial charge is 0.323 e. The highest BCUT2D eigenvalue weighted by Crippen LogP contribution is 2.22. The third-order valence-corrected chi connectivity index (χ3v) is 5.09. The van der Waals surface area contributed by atoms with Crippen LogP contribution in [0.4, 0.5) is 11.4 Å². The predicted molar refractivity (Wildman–Crippen MR) is 116 cm³/mol. The third kappa shape index (κ3) is 9.19. The van der Waals surface area contributed by atoms with Crippen LogP contribution < -0.4 is 9.80 Å². The number of hydrogen-bond acceptors (Lipinski definition) is 1. The second kappa shape index (κ2) is 12.7. The van der Waals surface area contributed by atoms with E-state index >= 15 is 0 Å². The maximum Gasteiger partial charge on any atom is 0.247 e. The van der Waals surface area contributed by atoms with Crippen LogP contribution >= 0.6 is 0 Å². The van der Waals surface area contributed by atoms with Crippen LogP contribution in [0.2, 0.25) is 0 Å². The van der Waals surface area contributed by atoms with Crippen molar-refractivity contribution in [2.75, 3.05) is 26.0 Å². The molecule has 0 unspecified atom stereocenters. The number of nitrogens with zero attached hydrogens (tertiary/aromatic N) is 1. The Morgan fingerprint density at radius 2 is 1.42 bits per heavy atom. The van der Waals surface area contributed by atoms with Crippen LogP contribution in [0.3, 0.4) is 0 Å². The van der Waals surface area contributed by atoms with Gasteiger partial charge in [-0.15, -0.1) is 0 Å². The minimum absolute atomic E-state index is 0.170. The number of amides is 1. The molecule has 1 N–H and O–H groups in total. The molecule has 1 aromatic carbocycles. The fourth-order valence-electron chi connectivity index (χ4n) is 3.27. The number of carbonyl (C=O) groups excluding carboxylic acids is 1. The highest BCUT2D eigenvalue weighted by molar-refractivity contribution is 5.98. The van der Waals surface area contributed by atoms with Crippen molar-refractivity contribution in [1.29, 1.82) is 0 Å². The fourth-order valence-corrected chi connectivity index (χ4v) is 3.27. The van der Waals surface area contributed by atoms with Crippen LogP contribution in [0.25, 0.3) is 0 Å². The van der Waals surface area contributed by atoms with Crippen LogP contribution in [0, 0.1) is 0 Å². The van der Waals surface area contributed by atoms with E-state index in [2.05, 4.69) is 45.0 Å². The highest BCUT2D eigenvalue weighted by atomic mass is 16.1. The lowest BCUT2D eigenvalue weighted by Crippen LogP contribution is -2.41. The summed E-state index contributed by atoms with van der Waals surface area (Å²) in [7, 11) is 4.51. The van der Waals surface area contributed by atoms with Crippen LogP contribution in [-0.4, -0.2) is 26.5 Å². The maximum absolute atomic E-state index is 11.3. The molecule has 0 aliphatic rings. The number of quaternary nitrogens is 1. The summed E-state index contributed by atoms with van der Waals surface area (Å²) in [6.45, 7) is 6.90. The molecule has 0 aliphatic carbocycles. The van der Waals surface area contributed by atoms with Gasteiger partial charge in [-0.2, -0.15) is 0 Å². The molecule has 0 aromatic heterocycles. The number of benzene rings is 1. The van der Waals surface area contributed by atoms with Gasteiger partial charge in [0.25, 0.3) is 0 Å². The van der Waals surface area contributed by atoms with Crippen molar-refractivity contribution in [2.45, 2.75) is 71.1 Å². The topological polar surface area (TPSA) is 29.1 Å². The first kappa shape index (κ1) is 22.4. The molecule has 1 rings (SSSR count). The molecule has 0 atom stereocenters. The van der Waals surface area contributed by atoms with Gasteiger partial charge in [-0.05, 0) is 31.1 Å². The smallest absolute Gasteiger partial charge is 0.247 e. The van der Waals surface area contributed by atoms with Crippen molar-refractivity contribution in [2.24, 2.45) is 0 Å². The van der Waals surface area contributed by atoms with E-state index in [9.17, 15) is 4.79 Å². The first-order valence-electron chi connectivity index (χ1n) is 10.4. The van der Waals surface area contributed by atoms with Crippen molar-refractivity contribution in [3.63, 3.8) is 0 Å². The highest BCUT2D eigenvalue weighted by Gasteiger charge is 2.18. The Hall–Kier alpha value is -1.61. The van der Waals surface area contributed by atoms with Crippen LogP contribution in [-0.2, 0) is 4.79 Å². The molecule has 1 aromatic rings. The molecule has 146 valence electrons. The van der Waals surface area contributed by atoms with E-state index in [1.165, 1.54) is 76.0 Å². The Bertz CT molecular complexity index is 520. The summed E-state index contributed by atoms with van der Waals surface area (Å²) in [5, 5.41) is 2.79. The summed E-state index contributed by atoms with van der Waals surface area (Å²) in [5.74, 6) is -0.170. The molecule has 26 heavy (non-hydrogen) atoms. The van der Waals surface area contributed by atoms with E-state index in [1.54, 1.807) is 0 Å². The summed E-state index contributed by atoms with van der Waals surface area (Å²) >= 11 is 0. The van der Waals surface area contributed by atoms with E-state index in [0.717, 1.165) is 16.7 Å². The summed E-state index contributed by atoms with van der Waals surface area (Å²) < 4.78 is 0.882. The molecule has 0 radical (unpaired) electrons. The maximum atomic E-state index is 11.3. The Labute approximate surface area is 161 Å². The molecule has 0 saturated carbocycles. The predicted octanol–water partition coefficient (Wildman–Crippen LogP) is 6.30. The van der Waals surface area contributed by atoms with Crippen molar-refractivity contribution in [3.05, 3.63) is 36.9 Å². The molecular formula is C23H39N2O+. The number of nitrogens with one attached hydrogen (secondary N) is 1. The van der Waals surface area contributed by atoms with Gasteiger partial charge in [0.05, 0.1) is 20.6 Å². The molecule has 0 heterocycles. The Morgan fingerprint density at radius 1 is 0.923 bits per heavy atom. The first-order valence-corrected chi connectivity index (χ1v) is 10.4. The zero-order chi connectivity index (χ0) is 19.3. The minimum Gasteiger partial charge on any atom is -0.323 e. The second-order valence-electron chi connectivity index (χ2n) is 7.83. The normalized spacial score (nSPS) is 11.3. The lowest BCUT2D eigenvalue weighted by molar-refractivity contribution is -0.111. The van der Waals surface area contributed by atoms with E-state index in [0.29, 0.717) is 0 Å². The van der Waals surface area contributed by atoms with Crippen molar-refractivity contribution < 1.29 is 4.79 Å². The van der Waals surface area contributed by atoms with Gasteiger partial charge in [-0.1, -0.05) is 64.9 Å².